The van der Waals surface area contributed by atoms with Gasteiger partial charge in [0.1, 0.15) is 5.69 Å². The first-order chi connectivity index (χ1) is 22.4. The van der Waals surface area contributed by atoms with E-state index >= 15 is 0 Å². The molecule has 6 rings (SSSR count). The molecule has 0 aliphatic heterocycles. The van der Waals surface area contributed by atoms with Gasteiger partial charge in [-0.25, -0.2) is 5.48 Å². The zero-order valence-corrected chi connectivity index (χ0v) is 25.2. The van der Waals surface area contributed by atoms with Gasteiger partial charge in [-0.15, -0.1) is 5.11 Å². The van der Waals surface area contributed by atoms with Crippen molar-refractivity contribution in [1.82, 2.24) is 0 Å². The maximum absolute atomic E-state index is 10.9. The van der Waals surface area contributed by atoms with Gasteiger partial charge in [-0.1, -0.05) is 24.3 Å². The molecule has 0 bridgehead atoms. The summed E-state index contributed by atoms with van der Waals surface area (Å²) in [4.78, 5) is 5.61. The van der Waals surface area contributed by atoms with E-state index in [1.54, 1.807) is 36.4 Å². The molecule has 0 aliphatic rings. The minimum atomic E-state index is 0.0413. The summed E-state index contributed by atoms with van der Waals surface area (Å²) in [5.41, 5.74) is 15.8. The Hall–Kier alpha value is -6.42. The highest BCUT2D eigenvalue weighted by atomic mass is 16.6. The van der Waals surface area contributed by atoms with Crippen LogP contribution >= 0.6 is 0 Å². The number of nitrogens with zero attached hydrogens (tertiary/aromatic N) is 6. The lowest BCUT2D eigenvalue weighted by Gasteiger charge is -2.10. The molecule has 0 spiro atoms. The molecule has 0 aliphatic carbocycles. The minimum absolute atomic E-state index is 0.0413. The van der Waals surface area contributed by atoms with Gasteiger partial charge in [0, 0.05) is 11.1 Å². The molecule has 0 unspecified atom stereocenters. The van der Waals surface area contributed by atoms with E-state index in [0.717, 1.165) is 39.3 Å². The highest BCUT2D eigenvalue weighted by Crippen LogP contribution is 2.38. The number of nitrogen functional groups attached to an aromatic ring is 1. The van der Waals surface area contributed by atoms with Crippen LogP contribution in [0.4, 0.5) is 45.5 Å². The van der Waals surface area contributed by atoms with Crippen molar-refractivity contribution in [2.24, 2.45) is 30.7 Å². The molecule has 10 heteroatoms. The van der Waals surface area contributed by atoms with E-state index in [2.05, 4.69) is 36.2 Å². The van der Waals surface area contributed by atoms with Crippen molar-refractivity contribution in [3.05, 3.63) is 132 Å². The highest BCUT2D eigenvalue weighted by molar-refractivity contribution is 5.94. The molecule has 0 aromatic heterocycles. The third-order valence-corrected chi connectivity index (χ3v) is 7.08. The first-order valence-electron chi connectivity index (χ1n) is 14.5. The van der Waals surface area contributed by atoms with Gasteiger partial charge in [-0.05, 0) is 127 Å². The standard InChI is InChI=1S/C36H30N8O2/c1-23-21-35(24(2)20-34(23)42-40-29-13-11-28(12-14-29)39-38-27-6-4-3-5-7-27)43-41-33-19-8-25-22-30(15-18-32(25)36(33)45)44-46-31-16-9-26(37)10-17-31/h3-22,44-45H,37H2,1-2H3. The Morgan fingerprint density at radius 3 is 1.78 bits per heavy atom. The van der Waals surface area contributed by atoms with Crippen molar-refractivity contribution in [2.75, 3.05) is 11.2 Å². The summed E-state index contributed by atoms with van der Waals surface area (Å²) in [5, 5.41) is 38.5. The largest absolute Gasteiger partial charge is 0.505 e. The lowest BCUT2D eigenvalue weighted by molar-refractivity contribution is 0.405. The Balaban J connectivity index is 1.12. The Morgan fingerprint density at radius 2 is 1.13 bits per heavy atom. The lowest BCUT2D eigenvalue weighted by atomic mass is 10.1. The van der Waals surface area contributed by atoms with Gasteiger partial charge in [0.2, 0.25) is 0 Å². The van der Waals surface area contributed by atoms with Gasteiger partial charge in [0.25, 0.3) is 0 Å². The number of anilines is 2. The Morgan fingerprint density at radius 1 is 0.565 bits per heavy atom. The van der Waals surface area contributed by atoms with E-state index < -0.39 is 0 Å². The average Bonchev–Trinajstić information content (AvgIpc) is 3.08. The summed E-state index contributed by atoms with van der Waals surface area (Å²) < 4.78 is 0. The van der Waals surface area contributed by atoms with Crippen LogP contribution < -0.4 is 16.1 Å². The molecular weight excluding hydrogens is 576 g/mol. The van der Waals surface area contributed by atoms with Crippen LogP contribution in [0.5, 0.6) is 11.5 Å². The van der Waals surface area contributed by atoms with E-state index in [0.29, 0.717) is 33.9 Å². The van der Waals surface area contributed by atoms with Gasteiger partial charge in [-0.2, -0.15) is 25.6 Å². The first-order valence-corrected chi connectivity index (χ1v) is 14.5. The van der Waals surface area contributed by atoms with Gasteiger partial charge in [0.05, 0.1) is 34.1 Å². The molecule has 6 aromatic rings. The van der Waals surface area contributed by atoms with E-state index in [4.69, 9.17) is 10.6 Å². The number of phenols is 1. The van der Waals surface area contributed by atoms with E-state index in [1.165, 1.54) is 0 Å². The topological polar surface area (TPSA) is 142 Å². The van der Waals surface area contributed by atoms with Crippen LogP contribution in [0, 0.1) is 13.8 Å². The van der Waals surface area contributed by atoms with Gasteiger partial charge < -0.3 is 15.7 Å². The second-order valence-electron chi connectivity index (χ2n) is 10.5. The fourth-order valence-corrected chi connectivity index (χ4v) is 4.52. The zero-order valence-electron chi connectivity index (χ0n) is 25.2. The number of aromatic hydroxyl groups is 1. The molecule has 0 saturated carbocycles. The second-order valence-corrected chi connectivity index (χ2v) is 10.5. The predicted molar refractivity (Wildman–Crippen MR) is 182 cm³/mol. The molecule has 6 aromatic carbocycles. The average molecular weight is 607 g/mol. The molecule has 0 saturated heterocycles. The monoisotopic (exact) mass is 606 g/mol. The van der Waals surface area contributed by atoms with E-state index in [9.17, 15) is 5.11 Å². The normalized spacial score (nSPS) is 11.6. The number of azo groups is 3. The molecule has 46 heavy (non-hydrogen) atoms. The number of nitrogens with two attached hydrogens (primary N) is 1. The minimum Gasteiger partial charge on any atom is -0.505 e. The predicted octanol–water partition coefficient (Wildman–Crippen LogP) is 11.4. The number of hydrogen-bond donors (Lipinski definition) is 3. The van der Waals surface area contributed by atoms with Crippen LogP contribution in [0.25, 0.3) is 10.8 Å². The highest BCUT2D eigenvalue weighted by Gasteiger charge is 2.09. The first kappa shape index (κ1) is 29.6. The third kappa shape index (κ3) is 7.20. The number of benzene rings is 6. The van der Waals surface area contributed by atoms with Crippen molar-refractivity contribution in [2.45, 2.75) is 13.8 Å². The Kier molecular flexibility index (Phi) is 8.69. The fourth-order valence-electron chi connectivity index (χ4n) is 4.52. The zero-order chi connectivity index (χ0) is 31.9. The van der Waals surface area contributed by atoms with Gasteiger partial charge >= 0.3 is 0 Å². The van der Waals surface area contributed by atoms with E-state index in [1.807, 2.05) is 98.8 Å². The third-order valence-electron chi connectivity index (χ3n) is 7.08. The summed E-state index contributed by atoms with van der Waals surface area (Å²) in [6.45, 7) is 3.87. The Labute approximate surface area is 265 Å². The number of phenolic OH excluding ortho intramolecular Hbond substituents is 1. The maximum atomic E-state index is 10.9. The smallest absolute Gasteiger partial charge is 0.155 e. The molecule has 0 radical (unpaired) electrons. The number of aryl methyl sites for hydroxylation is 2. The van der Waals surface area contributed by atoms with Crippen molar-refractivity contribution in [3.63, 3.8) is 0 Å². The number of rotatable bonds is 9. The summed E-state index contributed by atoms with van der Waals surface area (Å²) >= 11 is 0. The van der Waals surface area contributed by atoms with Crippen LogP contribution in [0.1, 0.15) is 11.1 Å². The van der Waals surface area contributed by atoms with Crippen molar-refractivity contribution in [1.29, 1.82) is 0 Å². The summed E-state index contributed by atoms with van der Waals surface area (Å²) in [6.07, 6.45) is 0. The molecule has 226 valence electrons. The number of nitrogens with one attached hydrogen (secondary N) is 1. The number of hydrogen-bond acceptors (Lipinski definition) is 10. The molecule has 0 atom stereocenters. The maximum Gasteiger partial charge on any atom is 0.155 e. The lowest BCUT2D eigenvalue weighted by Crippen LogP contribution is -2.04. The van der Waals surface area contributed by atoms with Crippen LogP contribution in [-0.2, 0) is 0 Å². The Bertz CT molecular complexity index is 2080. The second kappa shape index (κ2) is 13.5. The summed E-state index contributed by atoms with van der Waals surface area (Å²) in [6, 6.07) is 36.9. The summed E-state index contributed by atoms with van der Waals surface area (Å²) in [5.74, 6) is 0.669. The van der Waals surface area contributed by atoms with Crippen LogP contribution in [-0.4, -0.2) is 5.11 Å². The fraction of sp³-hybridized carbons (Fsp3) is 0.0556. The molecule has 0 amide bonds. The van der Waals surface area contributed by atoms with E-state index in [-0.39, 0.29) is 5.75 Å². The van der Waals surface area contributed by atoms with Crippen LogP contribution in [0.15, 0.2) is 152 Å². The van der Waals surface area contributed by atoms with Crippen molar-refractivity contribution in [3.8, 4) is 11.5 Å². The van der Waals surface area contributed by atoms with Gasteiger partial charge in [-0.3, -0.25) is 0 Å². The van der Waals surface area contributed by atoms with Crippen molar-refractivity contribution >= 4 is 56.3 Å². The van der Waals surface area contributed by atoms with Crippen molar-refractivity contribution < 1.29 is 9.94 Å². The molecule has 0 fully saturated rings. The van der Waals surface area contributed by atoms with Crippen LogP contribution in [0.2, 0.25) is 0 Å². The molecule has 0 heterocycles. The molecule has 4 N–H and O–H groups in total. The SMILES string of the molecule is Cc1cc(N=Nc2ccc3cc(NOc4ccc(N)cc4)ccc3c2O)c(C)cc1N=Nc1ccc(N=Nc2ccccc2)cc1. The number of fused-ring (bicyclic) bond motifs is 1. The summed E-state index contributed by atoms with van der Waals surface area (Å²) in [7, 11) is 0. The quantitative estimate of drug-likeness (QED) is 0.0854. The van der Waals surface area contributed by atoms with Gasteiger partial charge in [0.15, 0.2) is 11.5 Å². The van der Waals surface area contributed by atoms with Crippen LogP contribution in [0.3, 0.4) is 0 Å². The molecular formula is C36H30N8O2. The molecule has 10 nitrogen and oxygen atoms in total.